The van der Waals surface area contributed by atoms with Crippen molar-refractivity contribution in [3.05, 3.63) is 11.9 Å². The van der Waals surface area contributed by atoms with Gasteiger partial charge in [-0.15, -0.1) is 0 Å². The van der Waals surface area contributed by atoms with Gasteiger partial charge in [-0.2, -0.15) is 0 Å². The maximum atomic E-state index is 5.51. The lowest BCUT2D eigenvalue weighted by molar-refractivity contribution is 0.412. The largest absolute Gasteiger partial charge is 0.355 e. The van der Waals surface area contributed by atoms with Crippen molar-refractivity contribution in [2.75, 3.05) is 44.1 Å². The summed E-state index contributed by atoms with van der Waals surface area (Å²) in [7, 11) is 4.17. The maximum absolute atomic E-state index is 5.51. The van der Waals surface area contributed by atoms with Gasteiger partial charge in [0.2, 0.25) is 0 Å². The van der Waals surface area contributed by atoms with Crippen molar-refractivity contribution in [2.45, 2.75) is 33.1 Å². The zero-order valence-corrected chi connectivity index (χ0v) is 13.2. The van der Waals surface area contributed by atoms with Crippen LogP contribution in [0.4, 0.5) is 11.6 Å². The molecule has 0 spiro atoms. The number of hydrazine groups is 1. The molecule has 0 saturated carbocycles. The zero-order chi connectivity index (χ0) is 15.0. The molecule has 6 nitrogen and oxygen atoms in total. The zero-order valence-electron chi connectivity index (χ0n) is 13.2. The summed E-state index contributed by atoms with van der Waals surface area (Å²) >= 11 is 0. The molecule has 0 amide bonds. The van der Waals surface area contributed by atoms with Gasteiger partial charge in [0.1, 0.15) is 17.5 Å². The van der Waals surface area contributed by atoms with Gasteiger partial charge < -0.3 is 15.2 Å². The highest BCUT2D eigenvalue weighted by Gasteiger charge is 2.11. The lowest BCUT2D eigenvalue weighted by atomic mass is 10.3. The van der Waals surface area contributed by atoms with Gasteiger partial charge in [-0.05, 0) is 26.9 Å². The molecule has 6 heteroatoms. The van der Waals surface area contributed by atoms with E-state index in [-0.39, 0.29) is 0 Å². The summed E-state index contributed by atoms with van der Waals surface area (Å²) in [6, 6.07) is 1.92. The molecule has 0 aliphatic rings. The van der Waals surface area contributed by atoms with Crippen LogP contribution in [0.1, 0.15) is 32.5 Å². The molecule has 1 aromatic rings. The van der Waals surface area contributed by atoms with Crippen LogP contribution in [0.3, 0.4) is 0 Å². The molecule has 0 bridgehead atoms. The van der Waals surface area contributed by atoms with Crippen LogP contribution in [0, 0.1) is 0 Å². The van der Waals surface area contributed by atoms with Gasteiger partial charge in [0.25, 0.3) is 0 Å². The smallest absolute Gasteiger partial charge is 0.145 e. The van der Waals surface area contributed by atoms with Crippen LogP contribution < -0.4 is 16.2 Å². The Morgan fingerprint density at radius 3 is 2.40 bits per heavy atom. The second-order valence-corrected chi connectivity index (χ2v) is 5.21. The van der Waals surface area contributed by atoms with Crippen molar-refractivity contribution in [1.29, 1.82) is 0 Å². The van der Waals surface area contributed by atoms with E-state index in [1.807, 2.05) is 6.07 Å². The minimum absolute atomic E-state index is 0.685. The molecule has 114 valence electrons. The lowest BCUT2D eigenvalue weighted by Gasteiger charge is -2.25. The fraction of sp³-hybridized carbons (Fsp3) is 0.714. The Balaban J connectivity index is 2.94. The van der Waals surface area contributed by atoms with E-state index in [1.165, 1.54) is 0 Å². The predicted molar refractivity (Wildman–Crippen MR) is 84.9 cm³/mol. The summed E-state index contributed by atoms with van der Waals surface area (Å²) in [6.07, 6.45) is 2.99. The lowest BCUT2D eigenvalue weighted by Crippen LogP contribution is -2.33. The summed E-state index contributed by atoms with van der Waals surface area (Å²) in [5.74, 6) is 8.01. The molecular formula is C14H28N6. The van der Waals surface area contributed by atoms with Crippen LogP contribution in [0.2, 0.25) is 0 Å². The minimum Gasteiger partial charge on any atom is -0.355 e. The minimum atomic E-state index is 0.685. The summed E-state index contributed by atoms with van der Waals surface area (Å²) < 4.78 is 0. The first-order valence-corrected chi connectivity index (χ1v) is 7.34. The Kier molecular flexibility index (Phi) is 7.25. The van der Waals surface area contributed by atoms with Gasteiger partial charge in [-0.25, -0.2) is 15.8 Å². The molecule has 0 aliphatic carbocycles. The highest BCUT2D eigenvalue weighted by atomic mass is 15.3. The molecule has 0 fully saturated rings. The first-order chi connectivity index (χ1) is 9.60. The van der Waals surface area contributed by atoms with Gasteiger partial charge in [-0.1, -0.05) is 13.8 Å². The molecule has 1 aromatic heterocycles. The summed E-state index contributed by atoms with van der Waals surface area (Å²) in [5.41, 5.74) is 2.64. The van der Waals surface area contributed by atoms with E-state index < -0.39 is 0 Å². The molecule has 0 radical (unpaired) electrons. The van der Waals surface area contributed by atoms with Crippen LogP contribution in [0.5, 0.6) is 0 Å². The third kappa shape index (κ3) is 5.30. The number of aromatic nitrogens is 2. The Morgan fingerprint density at radius 2 is 1.85 bits per heavy atom. The SMILES string of the molecule is CCCc1nc(NN)cc(N(CCC)CCN(C)C)n1. The quantitative estimate of drug-likeness (QED) is 0.527. The van der Waals surface area contributed by atoms with E-state index >= 15 is 0 Å². The average Bonchev–Trinajstić information content (AvgIpc) is 2.43. The van der Waals surface area contributed by atoms with Crippen molar-refractivity contribution in [1.82, 2.24) is 14.9 Å². The van der Waals surface area contributed by atoms with Gasteiger partial charge in [0, 0.05) is 32.1 Å². The number of hydrogen-bond donors (Lipinski definition) is 2. The van der Waals surface area contributed by atoms with Crippen molar-refractivity contribution in [2.24, 2.45) is 5.84 Å². The molecule has 0 atom stereocenters. The Labute approximate surface area is 122 Å². The number of nitrogens with two attached hydrogens (primary N) is 1. The molecule has 0 saturated heterocycles. The molecule has 1 heterocycles. The predicted octanol–water partition coefficient (Wildman–Crippen LogP) is 1.49. The topological polar surface area (TPSA) is 70.3 Å². The van der Waals surface area contributed by atoms with E-state index in [0.717, 1.165) is 50.5 Å². The van der Waals surface area contributed by atoms with E-state index in [2.05, 4.69) is 53.1 Å². The van der Waals surface area contributed by atoms with Crippen LogP contribution in [0.25, 0.3) is 0 Å². The van der Waals surface area contributed by atoms with Crippen LogP contribution >= 0.6 is 0 Å². The maximum Gasteiger partial charge on any atom is 0.145 e. The number of hydrogen-bond acceptors (Lipinski definition) is 6. The second kappa shape index (κ2) is 8.71. The number of nitrogens with one attached hydrogen (secondary N) is 1. The number of anilines is 2. The third-order valence-corrected chi connectivity index (χ3v) is 3.02. The Bertz CT molecular complexity index is 393. The Hall–Kier alpha value is -1.40. The third-order valence-electron chi connectivity index (χ3n) is 3.02. The molecule has 3 N–H and O–H groups in total. The standard InChI is InChI=1S/C14H28N6/c1-5-7-12-16-13(18-15)11-14(17-12)20(8-6-2)10-9-19(3)4/h11H,5-10,15H2,1-4H3,(H,16,17,18). The van der Waals surface area contributed by atoms with Crippen LogP contribution in [0.15, 0.2) is 6.07 Å². The highest BCUT2D eigenvalue weighted by Crippen LogP contribution is 2.16. The van der Waals surface area contributed by atoms with Crippen molar-refractivity contribution >= 4 is 11.6 Å². The van der Waals surface area contributed by atoms with E-state index in [4.69, 9.17) is 5.84 Å². The fourth-order valence-electron chi connectivity index (χ4n) is 1.99. The summed E-state index contributed by atoms with van der Waals surface area (Å²) in [4.78, 5) is 13.5. The number of rotatable bonds is 9. The van der Waals surface area contributed by atoms with Gasteiger partial charge >= 0.3 is 0 Å². The number of nitrogens with zero attached hydrogens (tertiary/aromatic N) is 4. The number of aryl methyl sites for hydroxylation is 1. The Morgan fingerprint density at radius 1 is 1.10 bits per heavy atom. The molecular weight excluding hydrogens is 252 g/mol. The average molecular weight is 280 g/mol. The first-order valence-electron chi connectivity index (χ1n) is 7.34. The highest BCUT2D eigenvalue weighted by molar-refractivity contribution is 5.49. The van der Waals surface area contributed by atoms with E-state index in [0.29, 0.717) is 5.82 Å². The molecule has 0 unspecified atom stereocenters. The number of likely N-dealkylation sites (N-methyl/N-ethyl adjacent to an activating group) is 1. The van der Waals surface area contributed by atoms with E-state index in [9.17, 15) is 0 Å². The normalized spacial score (nSPS) is 10.9. The van der Waals surface area contributed by atoms with Crippen LogP contribution in [-0.2, 0) is 6.42 Å². The molecule has 20 heavy (non-hydrogen) atoms. The van der Waals surface area contributed by atoms with Gasteiger partial charge in [-0.3, -0.25) is 0 Å². The fourth-order valence-corrected chi connectivity index (χ4v) is 1.99. The first kappa shape index (κ1) is 16.7. The molecule has 0 aromatic carbocycles. The number of nitrogen functional groups attached to an aromatic ring is 1. The monoisotopic (exact) mass is 280 g/mol. The van der Waals surface area contributed by atoms with Crippen molar-refractivity contribution in [3.63, 3.8) is 0 Å². The second-order valence-electron chi connectivity index (χ2n) is 5.21. The van der Waals surface area contributed by atoms with E-state index in [1.54, 1.807) is 0 Å². The summed E-state index contributed by atoms with van der Waals surface area (Å²) in [5, 5.41) is 0. The van der Waals surface area contributed by atoms with Crippen molar-refractivity contribution in [3.8, 4) is 0 Å². The van der Waals surface area contributed by atoms with Gasteiger partial charge in [0.05, 0.1) is 0 Å². The van der Waals surface area contributed by atoms with Crippen molar-refractivity contribution < 1.29 is 0 Å². The molecule has 0 aliphatic heterocycles. The van der Waals surface area contributed by atoms with Crippen LogP contribution in [-0.4, -0.2) is 48.6 Å². The summed E-state index contributed by atoms with van der Waals surface area (Å²) in [6.45, 7) is 7.24. The van der Waals surface area contributed by atoms with Gasteiger partial charge in [0.15, 0.2) is 0 Å². The molecule has 1 rings (SSSR count).